The standard InChI is InChI=1S/C16H24BrN3/c1-12(18)16(13-2-4-14(17)5-3-13)20-10-8-19(9-11-20)15-6-7-15/h2-5,12,15-16H,6-11,18H2,1H3. The normalized spacial score (nSPS) is 24.6. The third-order valence-corrected chi connectivity index (χ3v) is 5.04. The number of nitrogens with zero attached hydrogens (tertiary/aromatic N) is 2. The van der Waals surface area contributed by atoms with Crippen LogP contribution in [0.1, 0.15) is 31.4 Å². The van der Waals surface area contributed by atoms with Crippen molar-refractivity contribution in [3.05, 3.63) is 34.3 Å². The lowest BCUT2D eigenvalue weighted by molar-refractivity contribution is 0.0826. The van der Waals surface area contributed by atoms with Crippen LogP contribution < -0.4 is 5.73 Å². The van der Waals surface area contributed by atoms with Gasteiger partial charge in [-0.2, -0.15) is 0 Å². The first kappa shape index (κ1) is 14.5. The molecule has 0 bridgehead atoms. The predicted octanol–water partition coefficient (Wildman–Crippen LogP) is 2.62. The van der Waals surface area contributed by atoms with E-state index in [-0.39, 0.29) is 6.04 Å². The highest BCUT2D eigenvalue weighted by Gasteiger charge is 2.33. The first-order valence-corrected chi connectivity index (χ1v) is 8.43. The highest BCUT2D eigenvalue weighted by Crippen LogP contribution is 2.30. The zero-order valence-corrected chi connectivity index (χ0v) is 13.7. The van der Waals surface area contributed by atoms with E-state index in [4.69, 9.17) is 5.73 Å². The summed E-state index contributed by atoms with van der Waals surface area (Å²) in [6.45, 7) is 6.80. The second kappa shape index (κ2) is 6.14. The molecule has 0 amide bonds. The van der Waals surface area contributed by atoms with E-state index in [2.05, 4.69) is 56.9 Å². The van der Waals surface area contributed by atoms with Gasteiger partial charge >= 0.3 is 0 Å². The van der Waals surface area contributed by atoms with E-state index >= 15 is 0 Å². The van der Waals surface area contributed by atoms with E-state index in [0.29, 0.717) is 6.04 Å². The minimum atomic E-state index is 0.156. The molecule has 1 saturated carbocycles. The number of hydrogen-bond acceptors (Lipinski definition) is 3. The van der Waals surface area contributed by atoms with E-state index in [1.165, 1.54) is 31.5 Å². The van der Waals surface area contributed by atoms with Gasteiger partial charge in [0.05, 0.1) is 0 Å². The molecule has 1 heterocycles. The van der Waals surface area contributed by atoms with E-state index in [1.807, 2.05) is 0 Å². The molecule has 0 aromatic heterocycles. The summed E-state index contributed by atoms with van der Waals surface area (Å²) in [5.41, 5.74) is 7.61. The van der Waals surface area contributed by atoms with Gasteiger partial charge < -0.3 is 5.73 Å². The van der Waals surface area contributed by atoms with Crippen LogP contribution in [0.3, 0.4) is 0 Å². The maximum absolute atomic E-state index is 6.28. The van der Waals surface area contributed by atoms with Crippen molar-refractivity contribution in [1.82, 2.24) is 9.80 Å². The van der Waals surface area contributed by atoms with Gasteiger partial charge in [-0.15, -0.1) is 0 Å². The number of piperazine rings is 1. The van der Waals surface area contributed by atoms with Crippen LogP contribution in [0.2, 0.25) is 0 Å². The molecule has 2 aliphatic rings. The molecular formula is C16H24BrN3. The van der Waals surface area contributed by atoms with Crippen LogP contribution >= 0.6 is 15.9 Å². The molecule has 2 N–H and O–H groups in total. The van der Waals surface area contributed by atoms with Crippen molar-refractivity contribution in [2.24, 2.45) is 5.73 Å². The molecule has 1 saturated heterocycles. The summed E-state index contributed by atoms with van der Waals surface area (Å²) in [6.07, 6.45) is 2.81. The number of benzene rings is 1. The molecule has 110 valence electrons. The summed E-state index contributed by atoms with van der Waals surface area (Å²) in [7, 11) is 0. The smallest absolute Gasteiger partial charge is 0.0497 e. The lowest BCUT2D eigenvalue weighted by atomic mass is 9.98. The van der Waals surface area contributed by atoms with Gasteiger partial charge in [0.1, 0.15) is 0 Å². The molecule has 1 aromatic carbocycles. The lowest BCUT2D eigenvalue weighted by Crippen LogP contribution is -2.51. The van der Waals surface area contributed by atoms with Crippen molar-refractivity contribution in [2.45, 2.75) is 37.9 Å². The van der Waals surface area contributed by atoms with Crippen LogP contribution in [0.5, 0.6) is 0 Å². The Bertz CT molecular complexity index is 434. The molecule has 1 aromatic rings. The minimum absolute atomic E-state index is 0.156. The number of halogens is 1. The maximum atomic E-state index is 6.28. The Morgan fingerprint density at radius 2 is 1.70 bits per heavy atom. The zero-order chi connectivity index (χ0) is 14.1. The van der Waals surface area contributed by atoms with Crippen molar-refractivity contribution in [3.63, 3.8) is 0 Å². The summed E-state index contributed by atoms with van der Waals surface area (Å²) in [5.74, 6) is 0. The molecule has 2 atom stereocenters. The fraction of sp³-hybridized carbons (Fsp3) is 0.625. The predicted molar refractivity (Wildman–Crippen MR) is 86.7 cm³/mol. The number of hydrogen-bond donors (Lipinski definition) is 1. The molecule has 2 unspecified atom stereocenters. The van der Waals surface area contributed by atoms with Crippen LogP contribution in [0.4, 0.5) is 0 Å². The molecule has 20 heavy (non-hydrogen) atoms. The van der Waals surface area contributed by atoms with Crippen molar-refractivity contribution in [2.75, 3.05) is 26.2 Å². The second-order valence-electron chi connectivity index (χ2n) is 6.16. The van der Waals surface area contributed by atoms with Crippen LogP contribution in [0.15, 0.2) is 28.7 Å². The van der Waals surface area contributed by atoms with Crippen molar-refractivity contribution in [3.8, 4) is 0 Å². The van der Waals surface area contributed by atoms with E-state index < -0.39 is 0 Å². The van der Waals surface area contributed by atoms with E-state index in [1.54, 1.807) is 0 Å². The zero-order valence-electron chi connectivity index (χ0n) is 12.1. The minimum Gasteiger partial charge on any atom is -0.326 e. The van der Waals surface area contributed by atoms with Gasteiger partial charge in [-0.25, -0.2) is 0 Å². The van der Waals surface area contributed by atoms with Crippen molar-refractivity contribution in [1.29, 1.82) is 0 Å². The lowest BCUT2D eigenvalue weighted by Gasteiger charge is -2.41. The summed E-state index contributed by atoms with van der Waals surface area (Å²) >= 11 is 3.51. The molecule has 3 rings (SSSR count). The highest BCUT2D eigenvalue weighted by atomic mass is 79.9. The molecule has 3 nitrogen and oxygen atoms in total. The Hall–Kier alpha value is -0.420. The summed E-state index contributed by atoms with van der Waals surface area (Å²) in [4.78, 5) is 5.21. The van der Waals surface area contributed by atoms with Gasteiger partial charge in [-0.05, 0) is 37.5 Å². The SMILES string of the molecule is CC(N)C(c1ccc(Br)cc1)N1CCN(C2CC2)CC1. The molecular weight excluding hydrogens is 314 g/mol. The molecule has 2 fully saturated rings. The third kappa shape index (κ3) is 3.25. The quantitative estimate of drug-likeness (QED) is 0.916. The van der Waals surface area contributed by atoms with Gasteiger partial charge in [0, 0.05) is 48.8 Å². The van der Waals surface area contributed by atoms with Gasteiger partial charge in [0.15, 0.2) is 0 Å². The molecule has 0 spiro atoms. The van der Waals surface area contributed by atoms with Gasteiger partial charge in [-0.3, -0.25) is 9.80 Å². The van der Waals surface area contributed by atoms with Gasteiger partial charge in [-0.1, -0.05) is 28.1 Å². The van der Waals surface area contributed by atoms with Gasteiger partial charge in [0.25, 0.3) is 0 Å². The van der Waals surface area contributed by atoms with E-state index in [0.717, 1.165) is 23.6 Å². The average molecular weight is 338 g/mol. The molecule has 1 aliphatic carbocycles. The first-order chi connectivity index (χ1) is 9.65. The summed E-state index contributed by atoms with van der Waals surface area (Å²) < 4.78 is 1.13. The van der Waals surface area contributed by atoms with Gasteiger partial charge in [0.2, 0.25) is 0 Å². The fourth-order valence-electron chi connectivity index (χ4n) is 3.33. The number of nitrogens with two attached hydrogens (primary N) is 1. The summed E-state index contributed by atoms with van der Waals surface area (Å²) in [5, 5.41) is 0. The number of rotatable bonds is 4. The first-order valence-electron chi connectivity index (χ1n) is 7.64. The second-order valence-corrected chi connectivity index (χ2v) is 7.07. The summed E-state index contributed by atoms with van der Waals surface area (Å²) in [6, 6.07) is 10.0. The highest BCUT2D eigenvalue weighted by molar-refractivity contribution is 9.10. The maximum Gasteiger partial charge on any atom is 0.0497 e. The molecule has 1 aliphatic heterocycles. The van der Waals surface area contributed by atoms with Crippen LogP contribution in [0.25, 0.3) is 0 Å². The van der Waals surface area contributed by atoms with Crippen LogP contribution in [-0.4, -0.2) is 48.1 Å². The third-order valence-electron chi connectivity index (χ3n) is 4.52. The van der Waals surface area contributed by atoms with Crippen LogP contribution in [0, 0.1) is 0 Å². The fourth-order valence-corrected chi connectivity index (χ4v) is 3.59. The Morgan fingerprint density at radius 3 is 2.20 bits per heavy atom. The Morgan fingerprint density at radius 1 is 1.10 bits per heavy atom. The Kier molecular flexibility index (Phi) is 4.46. The Labute approximate surface area is 130 Å². The molecule has 0 radical (unpaired) electrons. The monoisotopic (exact) mass is 337 g/mol. The average Bonchev–Trinajstić information content (AvgIpc) is 3.26. The van der Waals surface area contributed by atoms with Crippen molar-refractivity contribution >= 4 is 15.9 Å². The van der Waals surface area contributed by atoms with Crippen molar-refractivity contribution < 1.29 is 0 Å². The van der Waals surface area contributed by atoms with Crippen LogP contribution in [-0.2, 0) is 0 Å². The van der Waals surface area contributed by atoms with E-state index in [9.17, 15) is 0 Å². The largest absolute Gasteiger partial charge is 0.326 e. The molecule has 4 heteroatoms. The Balaban J connectivity index is 1.69. The topological polar surface area (TPSA) is 32.5 Å².